The molecule has 0 saturated heterocycles. The van der Waals surface area contributed by atoms with Crippen molar-refractivity contribution in [1.29, 1.82) is 0 Å². The molecule has 1 radical (unpaired) electrons. The van der Waals surface area contributed by atoms with E-state index in [1.165, 1.54) is 0 Å². The van der Waals surface area contributed by atoms with Crippen molar-refractivity contribution in [3.05, 3.63) is 41.8 Å². The Kier molecular flexibility index (Phi) is 3.48. The highest BCUT2D eigenvalue weighted by Crippen LogP contribution is 2.14. The molecular weight excluding hydrogens is 221 g/mol. The first-order valence-electron chi connectivity index (χ1n) is 3.29. The Balaban J connectivity index is 2.89. The van der Waals surface area contributed by atoms with Gasteiger partial charge in [0.25, 0.3) is 11.0 Å². The molecule has 7 heteroatoms. The maximum Gasteiger partial charge on any atom is 0.257 e. The maximum absolute atomic E-state index is 12.5. The van der Waals surface area contributed by atoms with Gasteiger partial charge in [0.05, 0.1) is 0 Å². The molecule has 0 fully saturated rings. The topological polar surface area (TPSA) is 43.4 Å². The van der Waals surface area contributed by atoms with Gasteiger partial charge >= 0.3 is 0 Å². The molecule has 0 aliphatic rings. The van der Waals surface area contributed by atoms with E-state index in [9.17, 15) is 21.6 Å². The molecule has 0 heterocycles. The molecule has 0 N–H and O–H groups in total. The van der Waals surface area contributed by atoms with E-state index in [0.29, 0.717) is 18.7 Å². The van der Waals surface area contributed by atoms with Gasteiger partial charge in [-0.3, -0.25) is 4.18 Å². The first-order valence-corrected chi connectivity index (χ1v) is 4.39. The second-order valence-corrected chi connectivity index (χ2v) is 2.90. The fourth-order valence-electron chi connectivity index (χ4n) is 0.747. The lowest BCUT2D eigenvalue weighted by Gasteiger charge is -1.99. The predicted molar refractivity (Wildman–Crippen MR) is 41.1 cm³/mol. The summed E-state index contributed by atoms with van der Waals surface area (Å²) in [5.41, 5.74) is -0.222. The zero-order chi connectivity index (χ0) is 10.7. The van der Waals surface area contributed by atoms with Crippen LogP contribution in [0.2, 0.25) is 0 Å². The van der Waals surface area contributed by atoms with Crippen LogP contribution in [0.5, 0.6) is 0 Å². The Labute approximate surface area is 79.3 Å². The first kappa shape index (κ1) is 11.0. The second kappa shape index (κ2) is 4.43. The average Bonchev–Trinajstić information content (AvgIpc) is 2.10. The van der Waals surface area contributed by atoms with E-state index in [0.717, 1.165) is 0 Å². The summed E-state index contributed by atoms with van der Waals surface area (Å²) in [6.45, 7) is 0.595. The van der Waals surface area contributed by atoms with Crippen molar-refractivity contribution in [3.63, 3.8) is 0 Å². The zero-order valence-corrected chi connectivity index (χ0v) is 7.43. The number of hydrogen-bond acceptors (Lipinski definition) is 3. The van der Waals surface area contributed by atoms with Gasteiger partial charge in [0.2, 0.25) is 0 Å². The van der Waals surface area contributed by atoms with Crippen LogP contribution < -0.4 is 0 Å². The standard InChI is InChI=1S/C7H4F3O3S/c8-5-1-4(3-13-14(11)12)2-6(9)7(5)10/h1-3,14H. The minimum atomic E-state index is -3.15. The lowest BCUT2D eigenvalue weighted by Crippen LogP contribution is -1.95. The third-order valence-electron chi connectivity index (χ3n) is 1.28. The van der Waals surface area contributed by atoms with Crippen LogP contribution in [-0.4, -0.2) is 8.42 Å². The van der Waals surface area contributed by atoms with Crippen molar-refractivity contribution in [2.75, 3.05) is 0 Å². The van der Waals surface area contributed by atoms with E-state index in [1.807, 2.05) is 0 Å². The summed E-state index contributed by atoms with van der Waals surface area (Å²) in [5, 5.41) is 0. The molecule has 0 aliphatic carbocycles. The number of thiol groups is 1. The molecular formula is C7H4F3O3S. The minimum absolute atomic E-state index is 0.222. The molecule has 0 aromatic heterocycles. The Morgan fingerprint density at radius 3 is 2.07 bits per heavy atom. The SMILES string of the molecule is O=[SH](=O)O[CH]c1cc(F)c(F)c(F)c1. The molecule has 14 heavy (non-hydrogen) atoms. The van der Waals surface area contributed by atoms with E-state index < -0.39 is 28.4 Å². The second-order valence-electron chi connectivity index (χ2n) is 2.25. The largest absolute Gasteiger partial charge is 0.261 e. The minimum Gasteiger partial charge on any atom is -0.261 e. The third-order valence-corrected chi connectivity index (χ3v) is 1.56. The average molecular weight is 225 g/mol. The Morgan fingerprint density at radius 2 is 1.64 bits per heavy atom. The highest BCUT2D eigenvalue weighted by atomic mass is 32.2. The van der Waals surface area contributed by atoms with Gasteiger partial charge in [-0.2, -0.15) is 0 Å². The summed E-state index contributed by atoms with van der Waals surface area (Å²) in [5.74, 6) is -4.45. The van der Waals surface area contributed by atoms with Crippen LogP contribution in [0.15, 0.2) is 12.1 Å². The molecule has 0 atom stereocenters. The van der Waals surface area contributed by atoms with E-state index in [2.05, 4.69) is 4.18 Å². The fourth-order valence-corrected chi connectivity index (χ4v) is 0.955. The lowest BCUT2D eigenvalue weighted by atomic mass is 10.2. The molecule has 0 bridgehead atoms. The quantitative estimate of drug-likeness (QED) is 0.620. The van der Waals surface area contributed by atoms with Crippen LogP contribution in [-0.2, 0) is 15.2 Å². The molecule has 0 amide bonds. The number of halogens is 3. The van der Waals surface area contributed by atoms with E-state index in [4.69, 9.17) is 0 Å². The lowest BCUT2D eigenvalue weighted by molar-refractivity contribution is 0.420. The molecule has 3 nitrogen and oxygen atoms in total. The van der Waals surface area contributed by atoms with Gasteiger partial charge in [-0.1, -0.05) is 0 Å². The molecule has 1 aromatic rings. The van der Waals surface area contributed by atoms with Crippen molar-refractivity contribution in [1.82, 2.24) is 0 Å². The van der Waals surface area contributed by atoms with Crippen LogP contribution >= 0.6 is 0 Å². The van der Waals surface area contributed by atoms with Gasteiger partial charge in [0, 0.05) is 0 Å². The smallest absolute Gasteiger partial charge is 0.257 e. The van der Waals surface area contributed by atoms with Crippen LogP contribution in [0.25, 0.3) is 0 Å². The summed E-state index contributed by atoms with van der Waals surface area (Å²) < 4.78 is 61.2. The van der Waals surface area contributed by atoms with Crippen molar-refractivity contribution in [2.45, 2.75) is 0 Å². The van der Waals surface area contributed by atoms with Gasteiger partial charge < -0.3 is 0 Å². The van der Waals surface area contributed by atoms with Gasteiger partial charge in [0.1, 0.15) is 6.61 Å². The molecule has 1 aromatic carbocycles. The van der Waals surface area contributed by atoms with E-state index in [1.54, 1.807) is 0 Å². The van der Waals surface area contributed by atoms with Gasteiger partial charge in [-0.15, -0.1) is 0 Å². The van der Waals surface area contributed by atoms with E-state index in [-0.39, 0.29) is 5.56 Å². The number of benzene rings is 1. The summed E-state index contributed by atoms with van der Waals surface area (Å²) in [6.07, 6.45) is 0. The third kappa shape index (κ3) is 2.71. The Hall–Kier alpha value is -1.08. The fraction of sp³-hybridized carbons (Fsp3) is 0. The van der Waals surface area contributed by atoms with E-state index >= 15 is 0 Å². The van der Waals surface area contributed by atoms with Crippen molar-refractivity contribution in [3.8, 4) is 0 Å². The van der Waals surface area contributed by atoms with Crippen LogP contribution in [0.4, 0.5) is 13.2 Å². The number of rotatable bonds is 3. The monoisotopic (exact) mass is 225 g/mol. The van der Waals surface area contributed by atoms with Crippen molar-refractivity contribution < 1.29 is 25.8 Å². The van der Waals surface area contributed by atoms with Crippen LogP contribution in [0, 0.1) is 24.1 Å². The first-order chi connectivity index (χ1) is 6.50. The normalized spacial score (nSPS) is 10.9. The summed E-state index contributed by atoms with van der Waals surface area (Å²) in [6, 6.07) is 1.22. The van der Waals surface area contributed by atoms with Gasteiger partial charge in [-0.05, 0) is 17.7 Å². The van der Waals surface area contributed by atoms with Crippen LogP contribution in [0.1, 0.15) is 5.56 Å². The molecule has 0 unspecified atom stereocenters. The highest BCUT2D eigenvalue weighted by molar-refractivity contribution is 7.67. The predicted octanol–water partition coefficient (Wildman–Crippen LogP) is 1.16. The summed E-state index contributed by atoms with van der Waals surface area (Å²) in [7, 11) is -3.15. The molecule has 77 valence electrons. The molecule has 0 saturated carbocycles. The number of hydrogen-bond donors (Lipinski definition) is 1. The van der Waals surface area contributed by atoms with Gasteiger partial charge in [0.15, 0.2) is 17.5 Å². The molecule has 0 spiro atoms. The molecule has 0 aliphatic heterocycles. The molecule has 1 rings (SSSR count). The summed E-state index contributed by atoms with van der Waals surface area (Å²) in [4.78, 5) is 0. The zero-order valence-electron chi connectivity index (χ0n) is 6.54. The Morgan fingerprint density at radius 1 is 1.14 bits per heavy atom. The van der Waals surface area contributed by atoms with Crippen molar-refractivity contribution >= 4 is 11.0 Å². The summed E-state index contributed by atoms with van der Waals surface area (Å²) >= 11 is 0. The maximum atomic E-state index is 12.5. The van der Waals surface area contributed by atoms with Crippen molar-refractivity contribution in [2.24, 2.45) is 0 Å². The highest BCUT2D eigenvalue weighted by Gasteiger charge is 2.10. The van der Waals surface area contributed by atoms with Gasteiger partial charge in [-0.25, -0.2) is 21.6 Å². The Bertz CT molecular complexity index is 386. The van der Waals surface area contributed by atoms with Crippen LogP contribution in [0.3, 0.4) is 0 Å².